The third kappa shape index (κ3) is 7.16. The standard InChI is InChI=1S/C27H42N2/c1-3-4-5-6-7-8-9-10-15-27(25-18-16-24(2)17-19-25)29-22-13-14-26(29)23-28-20-11-12-21-28/h16-19,26-27H,3-9,11-14,20-23H2,1-2H3/t26-,27+/m0/s1. The number of aryl methyl sites for hydroxylation is 1. The van der Waals surface area contributed by atoms with Crippen molar-refractivity contribution >= 4 is 0 Å². The van der Waals surface area contributed by atoms with Crippen molar-refractivity contribution in [3.05, 3.63) is 35.4 Å². The third-order valence-electron chi connectivity index (χ3n) is 6.71. The maximum atomic E-state index is 3.71. The highest BCUT2D eigenvalue weighted by atomic mass is 15.3. The average molecular weight is 395 g/mol. The quantitative estimate of drug-likeness (QED) is 0.337. The number of likely N-dealkylation sites (tertiary alicyclic amines) is 2. The highest BCUT2D eigenvalue weighted by Gasteiger charge is 2.32. The molecular formula is C27H42N2. The lowest BCUT2D eigenvalue weighted by molar-refractivity contribution is 0.168. The number of hydrogen-bond donors (Lipinski definition) is 0. The van der Waals surface area contributed by atoms with Gasteiger partial charge in [0.15, 0.2) is 0 Å². The van der Waals surface area contributed by atoms with Gasteiger partial charge in [-0.25, -0.2) is 0 Å². The van der Waals surface area contributed by atoms with Gasteiger partial charge in [-0.15, -0.1) is 5.92 Å². The molecule has 2 fully saturated rings. The number of nitrogens with zero attached hydrogens (tertiary/aromatic N) is 2. The van der Waals surface area contributed by atoms with Gasteiger partial charge in [0.2, 0.25) is 0 Å². The van der Waals surface area contributed by atoms with E-state index in [1.807, 2.05) is 0 Å². The van der Waals surface area contributed by atoms with Gasteiger partial charge in [-0.05, 0) is 57.7 Å². The van der Waals surface area contributed by atoms with Crippen molar-refractivity contribution in [2.75, 3.05) is 26.2 Å². The molecule has 1 aromatic rings. The van der Waals surface area contributed by atoms with Crippen LogP contribution in [0.25, 0.3) is 0 Å². The zero-order chi connectivity index (χ0) is 20.3. The van der Waals surface area contributed by atoms with Gasteiger partial charge in [0.1, 0.15) is 0 Å². The first-order valence-corrected chi connectivity index (χ1v) is 12.3. The molecule has 3 rings (SSSR count). The monoisotopic (exact) mass is 394 g/mol. The summed E-state index contributed by atoms with van der Waals surface area (Å²) in [6, 6.07) is 10.1. The summed E-state index contributed by atoms with van der Waals surface area (Å²) in [6.07, 6.45) is 14.5. The molecule has 29 heavy (non-hydrogen) atoms. The Labute approximate surface area is 180 Å². The molecule has 2 heteroatoms. The molecule has 2 heterocycles. The van der Waals surface area contributed by atoms with Crippen LogP contribution in [0.3, 0.4) is 0 Å². The topological polar surface area (TPSA) is 6.48 Å². The molecule has 0 N–H and O–H groups in total. The smallest absolute Gasteiger partial charge is 0.0973 e. The molecule has 0 aliphatic carbocycles. The van der Waals surface area contributed by atoms with Crippen molar-refractivity contribution in [3.63, 3.8) is 0 Å². The summed E-state index contributed by atoms with van der Waals surface area (Å²) >= 11 is 0. The lowest BCUT2D eigenvalue weighted by atomic mass is 10.0. The summed E-state index contributed by atoms with van der Waals surface area (Å²) in [4.78, 5) is 5.40. The second-order valence-electron chi connectivity index (χ2n) is 9.19. The largest absolute Gasteiger partial charge is 0.302 e. The Kier molecular flexibility index (Phi) is 9.58. The number of benzene rings is 1. The van der Waals surface area contributed by atoms with Crippen LogP contribution in [0.15, 0.2) is 24.3 Å². The molecule has 0 aromatic heterocycles. The molecule has 2 nitrogen and oxygen atoms in total. The minimum Gasteiger partial charge on any atom is -0.302 e. The fraction of sp³-hybridized carbons (Fsp3) is 0.704. The average Bonchev–Trinajstić information content (AvgIpc) is 3.41. The van der Waals surface area contributed by atoms with E-state index < -0.39 is 0 Å². The summed E-state index contributed by atoms with van der Waals surface area (Å²) in [7, 11) is 0. The zero-order valence-corrected chi connectivity index (χ0v) is 19.0. The van der Waals surface area contributed by atoms with E-state index in [9.17, 15) is 0 Å². The van der Waals surface area contributed by atoms with Crippen LogP contribution in [0, 0.1) is 18.8 Å². The molecule has 0 unspecified atom stereocenters. The van der Waals surface area contributed by atoms with Gasteiger partial charge in [-0.3, -0.25) is 4.90 Å². The first kappa shape index (κ1) is 22.4. The summed E-state index contributed by atoms with van der Waals surface area (Å²) < 4.78 is 0. The number of rotatable bonds is 10. The molecule has 0 spiro atoms. The fourth-order valence-corrected chi connectivity index (χ4v) is 4.93. The second kappa shape index (κ2) is 12.4. The maximum Gasteiger partial charge on any atom is 0.0973 e. The summed E-state index contributed by atoms with van der Waals surface area (Å²) in [6.45, 7) is 9.48. The predicted molar refractivity (Wildman–Crippen MR) is 125 cm³/mol. The highest BCUT2D eigenvalue weighted by molar-refractivity contribution is 5.30. The molecule has 2 atom stereocenters. The van der Waals surface area contributed by atoms with Crippen molar-refractivity contribution in [2.45, 2.75) is 96.6 Å². The van der Waals surface area contributed by atoms with E-state index in [4.69, 9.17) is 0 Å². The van der Waals surface area contributed by atoms with Crippen LogP contribution in [0.1, 0.15) is 94.7 Å². The normalized spacial score (nSPS) is 21.2. The van der Waals surface area contributed by atoms with E-state index in [0.717, 1.165) is 6.42 Å². The van der Waals surface area contributed by atoms with Crippen molar-refractivity contribution < 1.29 is 0 Å². The van der Waals surface area contributed by atoms with Crippen molar-refractivity contribution in [2.24, 2.45) is 0 Å². The molecule has 2 saturated heterocycles. The van der Waals surface area contributed by atoms with Crippen LogP contribution in [0.4, 0.5) is 0 Å². The minimum atomic E-state index is 0.269. The van der Waals surface area contributed by atoms with Gasteiger partial charge < -0.3 is 4.90 Å². The van der Waals surface area contributed by atoms with Crippen LogP contribution < -0.4 is 0 Å². The van der Waals surface area contributed by atoms with Gasteiger partial charge in [0.05, 0.1) is 6.04 Å². The Morgan fingerprint density at radius 2 is 1.66 bits per heavy atom. The SMILES string of the molecule is CCCCCCCCC#C[C@H](c1ccc(C)cc1)N1CCC[C@H]1CN1CCCC1. The Morgan fingerprint density at radius 1 is 0.931 bits per heavy atom. The molecule has 2 aliphatic heterocycles. The first-order valence-electron chi connectivity index (χ1n) is 12.3. The lowest BCUT2D eigenvalue weighted by Crippen LogP contribution is -2.41. The molecular weight excluding hydrogens is 352 g/mol. The van der Waals surface area contributed by atoms with Crippen LogP contribution >= 0.6 is 0 Å². The third-order valence-corrected chi connectivity index (χ3v) is 6.71. The van der Waals surface area contributed by atoms with E-state index in [1.165, 1.54) is 102 Å². The van der Waals surface area contributed by atoms with E-state index in [0.29, 0.717) is 6.04 Å². The Balaban J connectivity index is 1.62. The molecule has 0 radical (unpaired) electrons. The summed E-state index contributed by atoms with van der Waals surface area (Å²) in [5.41, 5.74) is 2.72. The minimum absolute atomic E-state index is 0.269. The highest BCUT2D eigenvalue weighted by Crippen LogP contribution is 2.30. The van der Waals surface area contributed by atoms with Crippen LogP contribution in [0.2, 0.25) is 0 Å². The lowest BCUT2D eigenvalue weighted by Gasteiger charge is -2.32. The van der Waals surface area contributed by atoms with Crippen LogP contribution in [-0.2, 0) is 0 Å². The Morgan fingerprint density at radius 3 is 2.41 bits per heavy atom. The second-order valence-corrected chi connectivity index (χ2v) is 9.19. The molecule has 2 aliphatic rings. The number of unbranched alkanes of at least 4 members (excludes halogenated alkanes) is 6. The van der Waals surface area contributed by atoms with Gasteiger partial charge in [0.25, 0.3) is 0 Å². The van der Waals surface area contributed by atoms with Gasteiger partial charge in [0, 0.05) is 25.6 Å². The van der Waals surface area contributed by atoms with E-state index in [-0.39, 0.29) is 6.04 Å². The molecule has 0 amide bonds. The van der Waals surface area contributed by atoms with Gasteiger partial charge >= 0.3 is 0 Å². The number of hydrogen-bond acceptors (Lipinski definition) is 2. The van der Waals surface area contributed by atoms with Crippen molar-refractivity contribution in [3.8, 4) is 11.8 Å². The van der Waals surface area contributed by atoms with E-state index in [1.54, 1.807) is 0 Å². The fourth-order valence-electron chi connectivity index (χ4n) is 4.93. The van der Waals surface area contributed by atoms with E-state index in [2.05, 4.69) is 59.8 Å². The molecule has 160 valence electrons. The molecule has 1 aromatic carbocycles. The maximum absolute atomic E-state index is 3.71. The molecule has 0 saturated carbocycles. The van der Waals surface area contributed by atoms with Gasteiger partial charge in [-0.1, -0.05) is 74.8 Å². The molecule has 0 bridgehead atoms. The zero-order valence-electron chi connectivity index (χ0n) is 19.0. The van der Waals surface area contributed by atoms with Crippen molar-refractivity contribution in [1.29, 1.82) is 0 Å². The summed E-state index contributed by atoms with van der Waals surface area (Å²) in [5, 5.41) is 0. The van der Waals surface area contributed by atoms with Gasteiger partial charge in [-0.2, -0.15) is 0 Å². The van der Waals surface area contributed by atoms with Crippen LogP contribution in [-0.4, -0.2) is 42.0 Å². The van der Waals surface area contributed by atoms with Crippen molar-refractivity contribution in [1.82, 2.24) is 9.80 Å². The van der Waals surface area contributed by atoms with E-state index >= 15 is 0 Å². The predicted octanol–water partition coefficient (Wildman–Crippen LogP) is 6.35. The Bertz CT molecular complexity index is 633. The first-order chi connectivity index (χ1) is 14.3. The summed E-state index contributed by atoms with van der Waals surface area (Å²) in [5.74, 6) is 7.29. The Hall–Kier alpha value is -1.30. The van der Waals surface area contributed by atoms with Crippen LogP contribution in [0.5, 0.6) is 0 Å².